The molecule has 0 aliphatic carbocycles. The number of hydrogen-bond donors (Lipinski definition) is 1. The lowest BCUT2D eigenvalue weighted by Crippen LogP contribution is -2.36. The van der Waals surface area contributed by atoms with Gasteiger partial charge in [-0.25, -0.2) is 9.78 Å². The van der Waals surface area contributed by atoms with Gasteiger partial charge in [0.15, 0.2) is 0 Å². The molecule has 0 bridgehead atoms. The molecule has 1 unspecified atom stereocenters. The third kappa shape index (κ3) is 3.84. The average molecular weight is 276 g/mol. The number of rotatable bonds is 4. The van der Waals surface area contributed by atoms with E-state index in [1.807, 2.05) is 0 Å². The zero-order valence-electron chi connectivity index (χ0n) is 10.8. The highest BCUT2D eigenvalue weighted by molar-refractivity contribution is 5.79. The predicted molar refractivity (Wildman–Crippen MR) is 63.5 cm³/mol. The third-order valence-corrected chi connectivity index (χ3v) is 2.53. The second-order valence-corrected chi connectivity index (χ2v) is 4.29. The van der Waals surface area contributed by atoms with E-state index in [1.165, 1.54) is 19.4 Å². The van der Waals surface area contributed by atoms with Gasteiger partial charge in [0, 0.05) is 6.20 Å². The van der Waals surface area contributed by atoms with Crippen LogP contribution in [0.1, 0.15) is 19.4 Å². The lowest BCUT2D eigenvalue weighted by atomic mass is 10.0. The number of carbonyl (C=O) groups is 1. The molecular formula is C12H15F3N2O2. The standard InChI is InChI=1S/C12H15F3N2O2/c1-7(2)9(11(18)19-3)17-10-8(12(13,14)15)5-4-6-16-10/h4-7,9H,1-3H3,(H,16,17). The van der Waals surface area contributed by atoms with Gasteiger partial charge in [0.25, 0.3) is 0 Å². The van der Waals surface area contributed by atoms with Gasteiger partial charge in [-0.3, -0.25) is 0 Å². The number of esters is 1. The summed E-state index contributed by atoms with van der Waals surface area (Å²) in [5.74, 6) is -1.25. The minimum absolute atomic E-state index is 0.240. The minimum atomic E-state index is -4.53. The number of alkyl halides is 3. The van der Waals surface area contributed by atoms with E-state index < -0.39 is 23.8 Å². The number of methoxy groups -OCH3 is 1. The SMILES string of the molecule is COC(=O)C(Nc1ncccc1C(F)(F)F)C(C)C. The third-order valence-electron chi connectivity index (χ3n) is 2.53. The first-order chi connectivity index (χ1) is 8.77. The van der Waals surface area contributed by atoms with Crippen molar-refractivity contribution in [1.82, 2.24) is 4.98 Å². The van der Waals surface area contributed by atoms with Crippen molar-refractivity contribution in [2.24, 2.45) is 5.92 Å². The summed E-state index contributed by atoms with van der Waals surface area (Å²) in [6.07, 6.45) is -3.31. The van der Waals surface area contributed by atoms with Gasteiger partial charge in [-0.05, 0) is 18.1 Å². The van der Waals surface area contributed by atoms with Crippen molar-refractivity contribution in [2.45, 2.75) is 26.1 Å². The molecule has 0 saturated heterocycles. The highest BCUT2D eigenvalue weighted by atomic mass is 19.4. The lowest BCUT2D eigenvalue weighted by Gasteiger charge is -2.22. The number of carbonyl (C=O) groups excluding carboxylic acids is 1. The zero-order valence-corrected chi connectivity index (χ0v) is 10.8. The summed E-state index contributed by atoms with van der Waals surface area (Å²) in [6, 6.07) is 1.21. The molecule has 1 N–H and O–H groups in total. The molecule has 1 atom stereocenters. The molecule has 1 rings (SSSR count). The van der Waals surface area contributed by atoms with E-state index in [1.54, 1.807) is 13.8 Å². The minimum Gasteiger partial charge on any atom is -0.467 e. The Bertz CT molecular complexity index is 447. The highest BCUT2D eigenvalue weighted by Crippen LogP contribution is 2.33. The molecule has 0 fully saturated rings. The number of hydrogen-bond acceptors (Lipinski definition) is 4. The Morgan fingerprint density at radius 2 is 2.05 bits per heavy atom. The maximum Gasteiger partial charge on any atom is 0.419 e. The molecule has 0 saturated carbocycles. The van der Waals surface area contributed by atoms with Crippen molar-refractivity contribution >= 4 is 11.8 Å². The summed E-state index contributed by atoms with van der Waals surface area (Å²) in [5, 5.41) is 2.50. The van der Waals surface area contributed by atoms with Crippen molar-refractivity contribution in [1.29, 1.82) is 0 Å². The van der Waals surface area contributed by atoms with Gasteiger partial charge in [-0.1, -0.05) is 13.8 Å². The quantitative estimate of drug-likeness (QED) is 0.859. The number of nitrogens with one attached hydrogen (secondary N) is 1. The van der Waals surface area contributed by atoms with E-state index in [4.69, 9.17) is 0 Å². The fraction of sp³-hybridized carbons (Fsp3) is 0.500. The van der Waals surface area contributed by atoms with E-state index in [2.05, 4.69) is 15.0 Å². The number of halogens is 3. The van der Waals surface area contributed by atoms with Crippen molar-refractivity contribution in [3.63, 3.8) is 0 Å². The first kappa shape index (κ1) is 15.3. The Balaban J connectivity index is 3.07. The Hall–Kier alpha value is -1.79. The van der Waals surface area contributed by atoms with Gasteiger partial charge in [-0.2, -0.15) is 13.2 Å². The van der Waals surface area contributed by atoms with Crippen molar-refractivity contribution in [2.75, 3.05) is 12.4 Å². The molecule has 0 aliphatic heterocycles. The summed E-state index contributed by atoms with van der Waals surface area (Å²) in [4.78, 5) is 15.2. The van der Waals surface area contributed by atoms with E-state index in [9.17, 15) is 18.0 Å². The molecule has 7 heteroatoms. The van der Waals surface area contributed by atoms with Crippen LogP contribution in [0.3, 0.4) is 0 Å². The number of ether oxygens (including phenoxy) is 1. The molecule has 0 spiro atoms. The number of nitrogens with zero attached hydrogens (tertiary/aromatic N) is 1. The molecule has 1 aromatic rings. The van der Waals surface area contributed by atoms with Crippen LogP contribution in [0.2, 0.25) is 0 Å². The van der Waals surface area contributed by atoms with Crippen LogP contribution in [0.15, 0.2) is 18.3 Å². The van der Waals surface area contributed by atoms with E-state index in [0.29, 0.717) is 0 Å². The van der Waals surface area contributed by atoms with Crippen LogP contribution in [0, 0.1) is 5.92 Å². The van der Waals surface area contributed by atoms with Crippen LogP contribution < -0.4 is 5.32 Å². The smallest absolute Gasteiger partial charge is 0.419 e. The van der Waals surface area contributed by atoms with Gasteiger partial charge < -0.3 is 10.1 Å². The Labute approximate surface area is 109 Å². The topological polar surface area (TPSA) is 51.2 Å². The molecule has 1 heterocycles. The molecule has 0 aliphatic rings. The second kappa shape index (κ2) is 5.90. The molecule has 0 amide bonds. The van der Waals surface area contributed by atoms with Crippen LogP contribution in [0.5, 0.6) is 0 Å². The van der Waals surface area contributed by atoms with Crippen LogP contribution in [-0.4, -0.2) is 24.1 Å². The molecule has 106 valence electrons. The zero-order chi connectivity index (χ0) is 14.6. The number of anilines is 1. The molecule has 19 heavy (non-hydrogen) atoms. The van der Waals surface area contributed by atoms with Gasteiger partial charge >= 0.3 is 12.1 Å². The summed E-state index contributed by atoms with van der Waals surface area (Å²) in [5.41, 5.74) is -0.912. The second-order valence-electron chi connectivity index (χ2n) is 4.29. The Morgan fingerprint density at radius 3 is 2.53 bits per heavy atom. The molecule has 0 aromatic carbocycles. The van der Waals surface area contributed by atoms with E-state index >= 15 is 0 Å². The predicted octanol–water partition coefficient (Wildman–Crippen LogP) is 2.71. The van der Waals surface area contributed by atoms with Crippen molar-refractivity contribution < 1.29 is 22.7 Å². The van der Waals surface area contributed by atoms with Gasteiger partial charge in [0.05, 0.1) is 12.7 Å². The van der Waals surface area contributed by atoms with E-state index in [0.717, 1.165) is 6.07 Å². The van der Waals surface area contributed by atoms with Gasteiger partial charge in [0.2, 0.25) is 0 Å². The van der Waals surface area contributed by atoms with Crippen LogP contribution >= 0.6 is 0 Å². The maximum absolute atomic E-state index is 12.8. The summed E-state index contributed by atoms with van der Waals surface area (Å²) >= 11 is 0. The molecule has 0 radical (unpaired) electrons. The molecular weight excluding hydrogens is 261 g/mol. The van der Waals surface area contributed by atoms with Gasteiger partial charge in [0.1, 0.15) is 11.9 Å². The van der Waals surface area contributed by atoms with E-state index in [-0.39, 0.29) is 11.7 Å². The first-order valence-electron chi connectivity index (χ1n) is 5.64. The van der Waals surface area contributed by atoms with Crippen LogP contribution in [0.25, 0.3) is 0 Å². The Morgan fingerprint density at radius 1 is 1.42 bits per heavy atom. The number of aromatic nitrogens is 1. The molecule has 1 aromatic heterocycles. The Kier molecular flexibility index (Phi) is 4.74. The fourth-order valence-corrected chi connectivity index (χ4v) is 1.52. The molecule has 4 nitrogen and oxygen atoms in total. The summed E-state index contributed by atoms with van der Waals surface area (Å²) in [6.45, 7) is 3.40. The maximum atomic E-state index is 12.8. The monoisotopic (exact) mass is 276 g/mol. The first-order valence-corrected chi connectivity index (χ1v) is 5.64. The largest absolute Gasteiger partial charge is 0.467 e. The highest BCUT2D eigenvalue weighted by Gasteiger charge is 2.35. The van der Waals surface area contributed by atoms with Gasteiger partial charge in [-0.15, -0.1) is 0 Å². The average Bonchev–Trinajstić information content (AvgIpc) is 2.34. The lowest BCUT2D eigenvalue weighted by molar-refractivity contribution is -0.143. The normalized spacial score (nSPS) is 13.2. The summed E-state index contributed by atoms with van der Waals surface area (Å²) in [7, 11) is 1.18. The van der Waals surface area contributed by atoms with Crippen LogP contribution in [0.4, 0.5) is 19.0 Å². The fourth-order valence-electron chi connectivity index (χ4n) is 1.52. The van der Waals surface area contributed by atoms with Crippen LogP contribution in [-0.2, 0) is 15.7 Å². The van der Waals surface area contributed by atoms with Crippen molar-refractivity contribution in [3.8, 4) is 0 Å². The summed E-state index contributed by atoms with van der Waals surface area (Å²) < 4.78 is 42.9. The number of pyridine rings is 1. The van der Waals surface area contributed by atoms with Crippen molar-refractivity contribution in [3.05, 3.63) is 23.9 Å².